The van der Waals surface area contributed by atoms with Gasteiger partial charge in [0.25, 0.3) is 0 Å². The van der Waals surface area contributed by atoms with Crippen LogP contribution in [0.3, 0.4) is 0 Å². The largest absolute Gasteiger partial charge is 0.300 e. The molecule has 2 aliphatic heterocycles. The molecular weight excluding hydrogens is 258 g/mol. The number of carbonyl (C=O) groups excluding carboxylic acids is 1. The fraction of sp³-hybridized carbons (Fsp3) is 0.421. The Morgan fingerprint density at radius 2 is 1.67 bits per heavy atom. The standard InChI is InChI=1S/C19H21NO/c21-18-11-16-8-4-9-17(12-18)20(16)13-15-7-3-6-14-5-1-2-10-19(14)15/h1-3,5-7,10,16-17H,4,8-9,11-13H2. The van der Waals surface area contributed by atoms with E-state index in [0.29, 0.717) is 17.9 Å². The maximum absolute atomic E-state index is 11.9. The summed E-state index contributed by atoms with van der Waals surface area (Å²) in [6.07, 6.45) is 5.19. The second-order valence-corrected chi connectivity index (χ2v) is 6.50. The van der Waals surface area contributed by atoms with Crippen molar-refractivity contribution in [2.45, 2.75) is 50.7 Å². The topological polar surface area (TPSA) is 20.3 Å². The van der Waals surface area contributed by atoms with Crippen LogP contribution in [-0.4, -0.2) is 22.8 Å². The Kier molecular flexibility index (Phi) is 3.27. The van der Waals surface area contributed by atoms with Crippen molar-refractivity contribution < 1.29 is 4.79 Å². The third kappa shape index (κ3) is 2.38. The van der Waals surface area contributed by atoms with Gasteiger partial charge >= 0.3 is 0 Å². The number of hydrogen-bond donors (Lipinski definition) is 0. The van der Waals surface area contributed by atoms with E-state index in [-0.39, 0.29) is 0 Å². The SMILES string of the molecule is O=C1CC2CCCC(C1)N2Cc1cccc2ccccc12. The van der Waals surface area contributed by atoms with Gasteiger partial charge in [-0.3, -0.25) is 9.69 Å². The molecule has 2 aromatic rings. The fourth-order valence-electron chi connectivity index (χ4n) is 4.15. The van der Waals surface area contributed by atoms with Gasteiger partial charge in [-0.2, -0.15) is 0 Å². The molecule has 0 radical (unpaired) electrons. The van der Waals surface area contributed by atoms with E-state index in [9.17, 15) is 4.79 Å². The zero-order valence-corrected chi connectivity index (χ0v) is 12.3. The highest BCUT2D eigenvalue weighted by atomic mass is 16.1. The van der Waals surface area contributed by atoms with Crippen LogP contribution in [0.15, 0.2) is 42.5 Å². The molecular formula is C19H21NO. The zero-order chi connectivity index (χ0) is 14.2. The Morgan fingerprint density at radius 1 is 0.952 bits per heavy atom. The normalized spacial score (nSPS) is 26.2. The molecule has 2 unspecified atom stereocenters. The molecule has 108 valence electrons. The summed E-state index contributed by atoms with van der Waals surface area (Å²) >= 11 is 0. The van der Waals surface area contributed by atoms with Crippen LogP contribution in [0.5, 0.6) is 0 Å². The second-order valence-electron chi connectivity index (χ2n) is 6.50. The Bertz CT molecular complexity index is 657. The summed E-state index contributed by atoms with van der Waals surface area (Å²) in [4.78, 5) is 14.5. The van der Waals surface area contributed by atoms with Gasteiger partial charge in [-0.1, -0.05) is 48.9 Å². The predicted molar refractivity (Wildman–Crippen MR) is 85.2 cm³/mol. The molecule has 0 amide bonds. The highest BCUT2D eigenvalue weighted by Crippen LogP contribution is 2.34. The first kappa shape index (κ1) is 13.0. The van der Waals surface area contributed by atoms with E-state index in [1.54, 1.807) is 0 Å². The summed E-state index contributed by atoms with van der Waals surface area (Å²) in [6, 6.07) is 16.1. The molecule has 2 bridgehead atoms. The lowest BCUT2D eigenvalue weighted by Crippen LogP contribution is -2.51. The van der Waals surface area contributed by atoms with Crippen LogP contribution in [-0.2, 0) is 11.3 Å². The average Bonchev–Trinajstić information content (AvgIpc) is 2.48. The molecule has 2 heteroatoms. The number of hydrogen-bond acceptors (Lipinski definition) is 2. The molecule has 0 spiro atoms. The number of carbonyl (C=O) groups is 1. The minimum Gasteiger partial charge on any atom is -0.300 e. The first-order valence-corrected chi connectivity index (χ1v) is 8.05. The molecule has 2 atom stereocenters. The molecule has 2 aliphatic rings. The highest BCUT2D eigenvalue weighted by Gasteiger charge is 2.37. The van der Waals surface area contributed by atoms with Crippen LogP contribution in [0, 0.1) is 0 Å². The average molecular weight is 279 g/mol. The Hall–Kier alpha value is -1.67. The van der Waals surface area contributed by atoms with E-state index in [0.717, 1.165) is 19.4 Å². The molecule has 2 nitrogen and oxygen atoms in total. The Labute approximate surface area is 125 Å². The number of piperidine rings is 2. The van der Waals surface area contributed by atoms with E-state index < -0.39 is 0 Å². The van der Waals surface area contributed by atoms with Gasteiger partial charge in [-0.05, 0) is 29.2 Å². The van der Waals surface area contributed by atoms with Gasteiger partial charge in [0.15, 0.2) is 0 Å². The van der Waals surface area contributed by atoms with Crippen molar-refractivity contribution in [3.05, 3.63) is 48.0 Å². The van der Waals surface area contributed by atoms with Crippen molar-refractivity contribution in [1.29, 1.82) is 0 Å². The van der Waals surface area contributed by atoms with Crippen LogP contribution >= 0.6 is 0 Å². The monoisotopic (exact) mass is 279 g/mol. The summed E-state index contributed by atoms with van der Waals surface area (Å²) in [5.74, 6) is 0.471. The molecule has 0 aliphatic carbocycles. The van der Waals surface area contributed by atoms with Gasteiger partial charge in [-0.25, -0.2) is 0 Å². The summed E-state index contributed by atoms with van der Waals surface area (Å²) in [5, 5.41) is 2.67. The van der Waals surface area contributed by atoms with Crippen molar-refractivity contribution in [2.24, 2.45) is 0 Å². The van der Waals surface area contributed by atoms with E-state index in [1.807, 2.05) is 0 Å². The maximum Gasteiger partial charge on any atom is 0.136 e. The molecule has 2 saturated heterocycles. The second kappa shape index (κ2) is 5.27. The van der Waals surface area contributed by atoms with Crippen LogP contribution in [0.2, 0.25) is 0 Å². The number of Topliss-reactive ketones (excluding diaryl/α,β-unsaturated/α-hetero) is 1. The van der Waals surface area contributed by atoms with E-state index in [2.05, 4.69) is 47.4 Å². The molecule has 21 heavy (non-hydrogen) atoms. The molecule has 0 aromatic heterocycles. The fourth-order valence-corrected chi connectivity index (χ4v) is 4.15. The van der Waals surface area contributed by atoms with Gasteiger partial charge in [0.05, 0.1) is 0 Å². The van der Waals surface area contributed by atoms with Crippen molar-refractivity contribution in [3.8, 4) is 0 Å². The van der Waals surface area contributed by atoms with Crippen molar-refractivity contribution in [2.75, 3.05) is 0 Å². The molecule has 2 heterocycles. The van der Waals surface area contributed by atoms with E-state index in [1.165, 1.54) is 35.6 Å². The lowest BCUT2D eigenvalue weighted by Gasteiger charge is -2.45. The minimum absolute atomic E-state index is 0.471. The number of benzene rings is 2. The summed E-state index contributed by atoms with van der Waals surface area (Å²) in [5.41, 5.74) is 1.40. The van der Waals surface area contributed by atoms with Crippen LogP contribution in [0.25, 0.3) is 10.8 Å². The first-order chi connectivity index (χ1) is 10.3. The number of rotatable bonds is 2. The lowest BCUT2D eigenvalue weighted by atomic mass is 9.83. The number of fused-ring (bicyclic) bond motifs is 3. The molecule has 0 saturated carbocycles. The van der Waals surface area contributed by atoms with Gasteiger partial charge in [0, 0.05) is 31.5 Å². The number of nitrogens with zero attached hydrogens (tertiary/aromatic N) is 1. The van der Waals surface area contributed by atoms with Crippen LogP contribution in [0.1, 0.15) is 37.7 Å². The maximum atomic E-state index is 11.9. The smallest absolute Gasteiger partial charge is 0.136 e. The van der Waals surface area contributed by atoms with Crippen molar-refractivity contribution >= 4 is 16.6 Å². The molecule has 2 fully saturated rings. The third-order valence-corrected chi connectivity index (χ3v) is 5.17. The first-order valence-electron chi connectivity index (χ1n) is 8.05. The quantitative estimate of drug-likeness (QED) is 0.830. The van der Waals surface area contributed by atoms with Crippen molar-refractivity contribution in [3.63, 3.8) is 0 Å². The van der Waals surface area contributed by atoms with Gasteiger partial charge in [0.2, 0.25) is 0 Å². The van der Waals surface area contributed by atoms with Crippen molar-refractivity contribution in [1.82, 2.24) is 4.90 Å². The molecule has 2 aromatic carbocycles. The highest BCUT2D eigenvalue weighted by molar-refractivity contribution is 5.85. The zero-order valence-electron chi connectivity index (χ0n) is 12.3. The number of ketones is 1. The van der Waals surface area contributed by atoms with Gasteiger partial charge in [-0.15, -0.1) is 0 Å². The summed E-state index contributed by atoms with van der Waals surface area (Å²) in [7, 11) is 0. The predicted octanol–water partition coefficient (Wildman–Crippen LogP) is 3.93. The lowest BCUT2D eigenvalue weighted by molar-refractivity contribution is -0.127. The van der Waals surface area contributed by atoms with Gasteiger partial charge < -0.3 is 0 Å². The summed E-state index contributed by atoms with van der Waals surface area (Å²) in [6.45, 7) is 0.990. The Balaban J connectivity index is 1.67. The third-order valence-electron chi connectivity index (χ3n) is 5.17. The van der Waals surface area contributed by atoms with Crippen LogP contribution in [0.4, 0.5) is 0 Å². The molecule has 0 N–H and O–H groups in total. The van der Waals surface area contributed by atoms with Gasteiger partial charge in [0.1, 0.15) is 5.78 Å². The minimum atomic E-state index is 0.471. The summed E-state index contributed by atoms with van der Waals surface area (Å²) < 4.78 is 0. The molecule has 4 rings (SSSR count). The van der Waals surface area contributed by atoms with E-state index >= 15 is 0 Å². The Morgan fingerprint density at radius 3 is 2.48 bits per heavy atom. The van der Waals surface area contributed by atoms with E-state index in [4.69, 9.17) is 0 Å². The van der Waals surface area contributed by atoms with Crippen LogP contribution < -0.4 is 0 Å².